The Labute approximate surface area is 77.1 Å². The second-order valence-corrected chi connectivity index (χ2v) is 3.77. The van der Waals surface area contributed by atoms with Crippen molar-refractivity contribution in [3.8, 4) is 0 Å². The highest BCUT2D eigenvalue weighted by Crippen LogP contribution is 2.29. The van der Waals surface area contributed by atoms with Crippen molar-refractivity contribution in [3.63, 3.8) is 0 Å². The molecule has 0 bridgehead atoms. The summed E-state index contributed by atoms with van der Waals surface area (Å²) in [5, 5.41) is 6.63. The van der Waals surface area contributed by atoms with E-state index in [0.29, 0.717) is 11.6 Å². The second-order valence-electron chi connectivity index (χ2n) is 3.77. The Morgan fingerprint density at radius 3 is 1.92 bits per heavy atom. The Bertz CT molecular complexity index is 110. The fourth-order valence-corrected chi connectivity index (χ4v) is 1.94. The number of rotatable bonds is 6. The van der Waals surface area contributed by atoms with Crippen molar-refractivity contribution in [2.24, 2.45) is 5.41 Å². The third-order valence-corrected chi connectivity index (χ3v) is 2.90. The van der Waals surface area contributed by atoms with E-state index in [2.05, 4.69) is 31.4 Å². The zero-order valence-corrected chi connectivity index (χ0v) is 9.20. The predicted octanol–water partition coefficient (Wildman–Crippen LogP) is 1.97. The van der Waals surface area contributed by atoms with Gasteiger partial charge in [-0.25, -0.2) is 0 Å². The minimum atomic E-state index is 0.387. The van der Waals surface area contributed by atoms with Crippen molar-refractivity contribution in [2.45, 2.75) is 46.2 Å². The van der Waals surface area contributed by atoms with Crippen LogP contribution in [0.3, 0.4) is 0 Å². The maximum Gasteiger partial charge on any atom is 0.0622 e. The minimum Gasteiger partial charge on any atom is -0.305 e. The summed E-state index contributed by atoms with van der Waals surface area (Å²) in [5.74, 6) is 0. The molecule has 0 aromatic rings. The molecular formula is C10H24N2. The highest BCUT2D eigenvalue weighted by Gasteiger charge is 2.29. The van der Waals surface area contributed by atoms with Gasteiger partial charge in [0.1, 0.15) is 0 Å². The zero-order chi connectivity index (χ0) is 9.61. The molecule has 74 valence electrons. The van der Waals surface area contributed by atoms with Gasteiger partial charge in [0.2, 0.25) is 0 Å². The molecule has 0 aromatic heterocycles. The van der Waals surface area contributed by atoms with Gasteiger partial charge in [-0.2, -0.15) is 0 Å². The van der Waals surface area contributed by atoms with E-state index in [9.17, 15) is 0 Å². The summed E-state index contributed by atoms with van der Waals surface area (Å²) >= 11 is 0. The molecule has 0 spiro atoms. The average molecular weight is 172 g/mol. The SMILES string of the molecule is CCCC(C)(CC)C(NC)NC. The number of nitrogens with one attached hydrogen (secondary N) is 2. The van der Waals surface area contributed by atoms with Crippen LogP contribution in [0.4, 0.5) is 0 Å². The summed E-state index contributed by atoms with van der Waals surface area (Å²) in [6.07, 6.45) is 4.18. The molecule has 0 rings (SSSR count). The van der Waals surface area contributed by atoms with Gasteiger partial charge in [0.05, 0.1) is 6.17 Å². The van der Waals surface area contributed by atoms with Crippen molar-refractivity contribution >= 4 is 0 Å². The molecule has 0 amide bonds. The molecule has 12 heavy (non-hydrogen) atoms. The fourth-order valence-electron chi connectivity index (χ4n) is 1.94. The molecule has 0 heterocycles. The highest BCUT2D eigenvalue weighted by molar-refractivity contribution is 4.82. The van der Waals surface area contributed by atoms with Gasteiger partial charge in [0, 0.05) is 0 Å². The Hall–Kier alpha value is -0.0800. The van der Waals surface area contributed by atoms with E-state index < -0.39 is 0 Å². The Morgan fingerprint density at radius 2 is 1.67 bits per heavy atom. The van der Waals surface area contributed by atoms with E-state index in [0.717, 1.165) is 0 Å². The van der Waals surface area contributed by atoms with Gasteiger partial charge in [-0.05, 0) is 32.4 Å². The summed E-state index contributed by atoms with van der Waals surface area (Å²) in [6.45, 7) is 6.85. The molecule has 0 saturated carbocycles. The molecule has 0 radical (unpaired) electrons. The molecule has 0 aliphatic carbocycles. The molecule has 0 aromatic carbocycles. The first-order chi connectivity index (χ1) is 5.64. The summed E-state index contributed by atoms with van der Waals surface area (Å²) in [4.78, 5) is 0. The van der Waals surface area contributed by atoms with E-state index in [-0.39, 0.29) is 0 Å². The molecular weight excluding hydrogens is 148 g/mol. The van der Waals surface area contributed by atoms with E-state index in [4.69, 9.17) is 0 Å². The molecule has 1 atom stereocenters. The van der Waals surface area contributed by atoms with Gasteiger partial charge in [-0.15, -0.1) is 0 Å². The molecule has 2 heteroatoms. The van der Waals surface area contributed by atoms with Crippen molar-refractivity contribution in [1.29, 1.82) is 0 Å². The minimum absolute atomic E-state index is 0.387. The molecule has 1 unspecified atom stereocenters. The van der Waals surface area contributed by atoms with Crippen molar-refractivity contribution in [1.82, 2.24) is 10.6 Å². The summed E-state index contributed by atoms with van der Waals surface area (Å²) < 4.78 is 0. The van der Waals surface area contributed by atoms with Gasteiger partial charge in [0.15, 0.2) is 0 Å². The normalized spacial score (nSPS) is 16.5. The lowest BCUT2D eigenvalue weighted by molar-refractivity contribution is 0.171. The van der Waals surface area contributed by atoms with E-state index in [1.807, 2.05) is 14.1 Å². The van der Waals surface area contributed by atoms with E-state index in [1.165, 1.54) is 19.3 Å². The van der Waals surface area contributed by atoms with Crippen LogP contribution in [0.1, 0.15) is 40.0 Å². The summed E-state index contributed by atoms with van der Waals surface area (Å²) in [7, 11) is 4.04. The van der Waals surface area contributed by atoms with Crippen LogP contribution >= 0.6 is 0 Å². The first kappa shape index (κ1) is 11.9. The third kappa shape index (κ3) is 2.76. The summed E-state index contributed by atoms with van der Waals surface area (Å²) in [6, 6.07) is 0. The molecule has 0 aliphatic heterocycles. The number of hydrogen-bond acceptors (Lipinski definition) is 2. The van der Waals surface area contributed by atoms with E-state index in [1.54, 1.807) is 0 Å². The van der Waals surface area contributed by atoms with Crippen LogP contribution in [0.2, 0.25) is 0 Å². The molecule has 0 aliphatic rings. The van der Waals surface area contributed by atoms with Gasteiger partial charge in [0.25, 0.3) is 0 Å². The lowest BCUT2D eigenvalue weighted by Crippen LogP contribution is -2.50. The molecule has 2 nitrogen and oxygen atoms in total. The van der Waals surface area contributed by atoms with Crippen LogP contribution in [0, 0.1) is 5.41 Å². The quantitative estimate of drug-likeness (QED) is 0.599. The highest BCUT2D eigenvalue weighted by atomic mass is 15.1. The van der Waals surface area contributed by atoms with Crippen LogP contribution < -0.4 is 10.6 Å². The van der Waals surface area contributed by atoms with Crippen LogP contribution in [-0.2, 0) is 0 Å². The van der Waals surface area contributed by atoms with Gasteiger partial charge >= 0.3 is 0 Å². The molecule has 2 N–H and O–H groups in total. The molecule has 0 fully saturated rings. The first-order valence-electron chi connectivity index (χ1n) is 4.99. The third-order valence-electron chi connectivity index (χ3n) is 2.90. The first-order valence-corrected chi connectivity index (χ1v) is 4.99. The maximum absolute atomic E-state index is 3.32. The van der Waals surface area contributed by atoms with E-state index >= 15 is 0 Å². The topological polar surface area (TPSA) is 24.1 Å². The van der Waals surface area contributed by atoms with Crippen LogP contribution in [-0.4, -0.2) is 20.3 Å². The Balaban J connectivity index is 4.24. The Morgan fingerprint density at radius 1 is 1.17 bits per heavy atom. The lowest BCUT2D eigenvalue weighted by Gasteiger charge is -2.36. The Kier molecular flexibility index (Phi) is 5.51. The largest absolute Gasteiger partial charge is 0.305 e. The zero-order valence-electron chi connectivity index (χ0n) is 9.20. The standard InChI is InChI=1S/C10H24N2/c1-6-8-10(3,7-2)9(11-4)12-5/h9,11-12H,6-8H2,1-5H3. The monoisotopic (exact) mass is 172 g/mol. The van der Waals surface area contributed by atoms with Crippen molar-refractivity contribution in [2.75, 3.05) is 14.1 Å². The van der Waals surface area contributed by atoms with Gasteiger partial charge in [-0.3, -0.25) is 0 Å². The second kappa shape index (κ2) is 5.55. The summed E-state index contributed by atoms with van der Waals surface area (Å²) in [5.41, 5.74) is 0.387. The maximum atomic E-state index is 3.32. The van der Waals surface area contributed by atoms with Crippen LogP contribution in [0.15, 0.2) is 0 Å². The smallest absolute Gasteiger partial charge is 0.0622 e. The number of hydrogen-bond donors (Lipinski definition) is 2. The van der Waals surface area contributed by atoms with Gasteiger partial charge < -0.3 is 10.6 Å². The van der Waals surface area contributed by atoms with Crippen LogP contribution in [0.25, 0.3) is 0 Å². The molecule has 0 saturated heterocycles. The predicted molar refractivity (Wildman–Crippen MR) is 55.2 cm³/mol. The fraction of sp³-hybridized carbons (Fsp3) is 1.00. The van der Waals surface area contributed by atoms with Crippen molar-refractivity contribution < 1.29 is 0 Å². The van der Waals surface area contributed by atoms with Crippen LogP contribution in [0.5, 0.6) is 0 Å². The lowest BCUT2D eigenvalue weighted by atomic mass is 9.80. The average Bonchev–Trinajstić information content (AvgIpc) is 2.07. The van der Waals surface area contributed by atoms with Crippen molar-refractivity contribution in [3.05, 3.63) is 0 Å². The van der Waals surface area contributed by atoms with Gasteiger partial charge in [-0.1, -0.05) is 27.2 Å².